The average molecular weight is 387 g/mol. The second kappa shape index (κ2) is 6.62. The molecule has 1 rings (SSSR count). The van der Waals surface area contributed by atoms with Gasteiger partial charge in [-0.3, -0.25) is 4.79 Å². The number of rotatable bonds is 4. The molecule has 11 heteroatoms. The van der Waals surface area contributed by atoms with Crippen LogP contribution in [0, 0.1) is 0 Å². The fourth-order valence-electron chi connectivity index (χ4n) is 1.22. The first kappa shape index (κ1) is 17.7. The molecule has 0 aliphatic heterocycles. The molecule has 0 radical (unpaired) electrons. The van der Waals surface area contributed by atoms with Crippen molar-refractivity contribution in [2.45, 2.75) is 11.3 Å². The van der Waals surface area contributed by atoms with Gasteiger partial charge in [-0.25, -0.2) is 17.2 Å². The Morgan fingerprint density at radius 1 is 1.25 bits per heavy atom. The molecule has 1 amide bonds. The van der Waals surface area contributed by atoms with E-state index in [1.165, 1.54) is 0 Å². The molecular formula is C9H5Cl4F2NO3S. The lowest BCUT2D eigenvalue weighted by atomic mass is 10.2. The van der Waals surface area contributed by atoms with E-state index in [2.05, 4.69) is 0 Å². The summed E-state index contributed by atoms with van der Waals surface area (Å²) in [6, 6.07) is 0.860. The van der Waals surface area contributed by atoms with Gasteiger partial charge in [0.15, 0.2) is 0 Å². The van der Waals surface area contributed by atoms with Crippen molar-refractivity contribution >= 4 is 60.4 Å². The molecule has 0 aliphatic carbocycles. The predicted octanol–water partition coefficient (Wildman–Crippen LogP) is 3.57. The van der Waals surface area contributed by atoms with Gasteiger partial charge in [0, 0.05) is 10.7 Å². The molecule has 0 heterocycles. The number of amides is 1. The van der Waals surface area contributed by atoms with Crippen LogP contribution >= 0.6 is 45.5 Å². The first-order valence-electron chi connectivity index (χ1n) is 4.74. The van der Waals surface area contributed by atoms with Crippen molar-refractivity contribution in [2.24, 2.45) is 0 Å². The van der Waals surface area contributed by atoms with Crippen LogP contribution in [0.15, 0.2) is 11.0 Å². The number of halogens is 6. The Bertz CT molecular complexity index is 651. The maximum absolute atomic E-state index is 12.0. The summed E-state index contributed by atoms with van der Waals surface area (Å²) in [6.07, 6.45) is -2.80. The summed E-state index contributed by atoms with van der Waals surface area (Å²) in [5, 5.41) is 0.559. The maximum atomic E-state index is 12.0. The van der Waals surface area contributed by atoms with Crippen molar-refractivity contribution in [3.05, 3.63) is 26.7 Å². The molecule has 112 valence electrons. The number of carbonyl (C=O) groups excluding carboxylic acids is 1. The monoisotopic (exact) mass is 385 g/mol. The minimum absolute atomic E-state index is 0.308. The molecule has 0 aromatic heterocycles. The molecular weight excluding hydrogens is 382 g/mol. The largest absolute Gasteiger partial charge is 0.346 e. The zero-order valence-corrected chi connectivity index (χ0v) is 13.1. The molecule has 0 aliphatic rings. The van der Waals surface area contributed by atoms with E-state index in [0.717, 1.165) is 6.07 Å². The molecule has 0 bridgehead atoms. The van der Waals surface area contributed by atoms with Crippen LogP contribution in [-0.4, -0.2) is 27.3 Å². The maximum Gasteiger partial charge on any atom is 0.262 e. The number of alkyl halides is 2. The third kappa shape index (κ3) is 4.08. The summed E-state index contributed by atoms with van der Waals surface area (Å²) in [7, 11) is 0.836. The number of hydrogen-bond acceptors (Lipinski definition) is 3. The Balaban J connectivity index is 3.39. The first-order chi connectivity index (χ1) is 9.05. The molecule has 4 nitrogen and oxygen atoms in total. The Labute approximate surface area is 132 Å². The van der Waals surface area contributed by atoms with Gasteiger partial charge in [0.2, 0.25) is 0 Å². The standard InChI is InChI=1S/C9H5Cl4F2NO3S/c10-3-1-4(20(13,18)19)8(12)6(7(3)11)9(17)16-2-5(14)15/h1,5H,2H2,(H,16,17). The highest BCUT2D eigenvalue weighted by Gasteiger charge is 2.26. The highest BCUT2D eigenvalue weighted by atomic mass is 35.7. The summed E-state index contributed by atoms with van der Waals surface area (Å²) in [6.45, 7) is -0.957. The fraction of sp³-hybridized carbons (Fsp3) is 0.222. The van der Waals surface area contributed by atoms with Crippen molar-refractivity contribution in [3.63, 3.8) is 0 Å². The molecule has 0 fully saturated rings. The Kier molecular flexibility index (Phi) is 5.86. The summed E-state index contributed by atoms with van der Waals surface area (Å²) < 4.78 is 46.6. The minimum atomic E-state index is -4.29. The topological polar surface area (TPSA) is 63.2 Å². The van der Waals surface area contributed by atoms with Crippen LogP contribution in [0.4, 0.5) is 8.78 Å². The highest BCUT2D eigenvalue weighted by molar-refractivity contribution is 8.13. The molecule has 20 heavy (non-hydrogen) atoms. The Morgan fingerprint density at radius 2 is 1.80 bits per heavy atom. The smallest absolute Gasteiger partial charge is 0.262 e. The number of benzene rings is 1. The number of nitrogens with one attached hydrogen (secondary N) is 1. The molecule has 0 atom stereocenters. The van der Waals surface area contributed by atoms with E-state index in [1.54, 1.807) is 0 Å². The third-order valence-electron chi connectivity index (χ3n) is 2.03. The van der Waals surface area contributed by atoms with Gasteiger partial charge in [0.1, 0.15) is 4.90 Å². The van der Waals surface area contributed by atoms with Crippen molar-refractivity contribution in [1.29, 1.82) is 0 Å². The van der Waals surface area contributed by atoms with Gasteiger partial charge in [-0.05, 0) is 6.07 Å². The molecule has 0 unspecified atom stereocenters. The van der Waals surface area contributed by atoms with E-state index in [4.69, 9.17) is 45.5 Å². The van der Waals surface area contributed by atoms with Crippen molar-refractivity contribution < 1.29 is 22.0 Å². The van der Waals surface area contributed by atoms with Crippen LogP contribution in [-0.2, 0) is 9.05 Å². The van der Waals surface area contributed by atoms with Gasteiger partial charge in [0.05, 0.1) is 27.2 Å². The quantitative estimate of drug-likeness (QED) is 0.635. The van der Waals surface area contributed by atoms with Gasteiger partial charge in [0.25, 0.3) is 21.4 Å². The number of carbonyl (C=O) groups is 1. The highest BCUT2D eigenvalue weighted by Crippen LogP contribution is 2.37. The van der Waals surface area contributed by atoms with E-state index in [0.29, 0.717) is 0 Å². The summed E-state index contributed by atoms with van der Waals surface area (Å²) in [5.74, 6) is -1.09. The normalized spacial score (nSPS) is 11.8. The minimum Gasteiger partial charge on any atom is -0.346 e. The Morgan fingerprint density at radius 3 is 2.25 bits per heavy atom. The summed E-state index contributed by atoms with van der Waals surface area (Å²) >= 11 is 17.1. The van der Waals surface area contributed by atoms with E-state index >= 15 is 0 Å². The van der Waals surface area contributed by atoms with E-state index in [1.807, 2.05) is 5.32 Å². The second-order valence-corrected chi connectivity index (χ2v) is 7.10. The van der Waals surface area contributed by atoms with Crippen LogP contribution in [0.2, 0.25) is 15.1 Å². The lowest BCUT2D eigenvalue weighted by molar-refractivity contribution is 0.0892. The van der Waals surface area contributed by atoms with Crippen LogP contribution < -0.4 is 5.32 Å². The summed E-state index contributed by atoms with van der Waals surface area (Å²) in [5.41, 5.74) is -0.541. The fourth-order valence-corrected chi connectivity index (χ4v) is 3.37. The predicted molar refractivity (Wildman–Crippen MR) is 72.8 cm³/mol. The SMILES string of the molecule is O=C(NCC(F)F)c1c(Cl)c(Cl)cc(S(=O)(=O)Cl)c1Cl. The average Bonchev–Trinajstić information content (AvgIpc) is 2.30. The molecule has 0 spiro atoms. The van der Waals surface area contributed by atoms with Crippen LogP contribution in [0.1, 0.15) is 10.4 Å². The van der Waals surface area contributed by atoms with Gasteiger partial charge < -0.3 is 5.32 Å². The van der Waals surface area contributed by atoms with Gasteiger partial charge in [-0.15, -0.1) is 0 Å². The zero-order valence-electron chi connectivity index (χ0n) is 9.26. The zero-order chi connectivity index (χ0) is 15.7. The molecule has 1 aromatic rings. The third-order valence-corrected chi connectivity index (χ3v) is 4.67. The molecule has 1 N–H and O–H groups in total. The lowest BCUT2D eigenvalue weighted by Gasteiger charge is -2.11. The number of hydrogen-bond donors (Lipinski definition) is 1. The van der Waals surface area contributed by atoms with E-state index < -0.39 is 43.4 Å². The van der Waals surface area contributed by atoms with E-state index in [-0.39, 0.29) is 10.0 Å². The molecule has 0 saturated carbocycles. The first-order valence-corrected chi connectivity index (χ1v) is 8.18. The van der Waals surface area contributed by atoms with Crippen LogP contribution in [0.5, 0.6) is 0 Å². The second-order valence-electron chi connectivity index (χ2n) is 3.40. The lowest BCUT2D eigenvalue weighted by Crippen LogP contribution is -2.29. The van der Waals surface area contributed by atoms with Gasteiger partial charge in [-0.2, -0.15) is 0 Å². The van der Waals surface area contributed by atoms with Gasteiger partial charge >= 0.3 is 0 Å². The van der Waals surface area contributed by atoms with Crippen LogP contribution in [0.25, 0.3) is 0 Å². The van der Waals surface area contributed by atoms with E-state index in [9.17, 15) is 22.0 Å². The van der Waals surface area contributed by atoms with Crippen LogP contribution in [0.3, 0.4) is 0 Å². The van der Waals surface area contributed by atoms with Gasteiger partial charge in [-0.1, -0.05) is 34.8 Å². The van der Waals surface area contributed by atoms with Crippen molar-refractivity contribution in [1.82, 2.24) is 5.32 Å². The van der Waals surface area contributed by atoms with Crippen molar-refractivity contribution in [3.8, 4) is 0 Å². The molecule has 1 aromatic carbocycles. The Hall–Kier alpha value is -0.340. The summed E-state index contributed by atoms with van der Waals surface area (Å²) in [4.78, 5) is 11.1. The van der Waals surface area contributed by atoms with Crippen molar-refractivity contribution in [2.75, 3.05) is 6.54 Å². The molecule has 0 saturated heterocycles.